The molecule has 0 aliphatic heterocycles. The van der Waals surface area contributed by atoms with Crippen LogP contribution in [-0.2, 0) is 15.2 Å². The lowest BCUT2D eigenvalue weighted by Crippen LogP contribution is -2.37. The fourth-order valence-electron chi connectivity index (χ4n) is 0.802. The molecule has 7 nitrogen and oxygen atoms in total. The minimum atomic E-state index is -3.08. The van der Waals surface area contributed by atoms with E-state index in [-0.39, 0.29) is 6.54 Å². The van der Waals surface area contributed by atoms with Crippen LogP contribution in [0.2, 0.25) is 0 Å². The van der Waals surface area contributed by atoms with E-state index < -0.39 is 29.5 Å². The van der Waals surface area contributed by atoms with Gasteiger partial charge in [-0.05, 0) is 7.05 Å². The van der Waals surface area contributed by atoms with E-state index in [9.17, 15) is 8.42 Å². The minimum Gasteiger partial charge on any atom is -0.344 e. The molecule has 0 aromatic rings. The van der Waals surface area contributed by atoms with Crippen molar-refractivity contribution in [2.75, 3.05) is 13.6 Å². The van der Waals surface area contributed by atoms with Crippen LogP contribution in [0.25, 0.3) is 0 Å². The summed E-state index contributed by atoms with van der Waals surface area (Å²) in [5.74, 6) is -2.92. The summed E-state index contributed by atoms with van der Waals surface area (Å²) in [5, 5.41) is 28.2. The van der Waals surface area contributed by atoms with E-state index >= 15 is 0 Å². The molecule has 1 unspecified atom stereocenters. The summed E-state index contributed by atoms with van der Waals surface area (Å²) in [5.41, 5.74) is 0. The Kier molecular flexibility index (Phi) is 5.37. The predicted molar refractivity (Wildman–Crippen MR) is 43.1 cm³/mol. The van der Waals surface area contributed by atoms with Crippen molar-refractivity contribution in [1.82, 2.24) is 5.32 Å². The van der Waals surface area contributed by atoms with Crippen molar-refractivity contribution in [2.24, 2.45) is 0 Å². The summed E-state index contributed by atoms with van der Waals surface area (Å²) in [6, 6.07) is 0. The minimum absolute atomic E-state index is 0.0761. The Morgan fingerprint density at radius 2 is 2.00 bits per heavy atom. The summed E-state index contributed by atoms with van der Waals surface area (Å²) in [6.07, 6.45) is -1.62. The number of rotatable bonds is 6. The van der Waals surface area contributed by atoms with Crippen LogP contribution < -0.4 is 5.32 Å². The third-order valence-electron chi connectivity index (χ3n) is 1.17. The maximum Gasteiger partial charge on any atom is 0.277 e. The van der Waals surface area contributed by atoms with Gasteiger partial charge in [0.15, 0.2) is 0 Å². The van der Waals surface area contributed by atoms with Gasteiger partial charge in [0.1, 0.15) is 0 Å². The van der Waals surface area contributed by atoms with Gasteiger partial charge >= 0.3 is 0 Å². The summed E-state index contributed by atoms with van der Waals surface area (Å²) >= 11 is 0. The molecule has 0 rings (SSSR count). The standard InChI is InChI=1S/C5H13NO6S/c1-6-3-4(12-13(10)11)2-5(7,8)9/h4,6-9,13H,2-3H2,1H3. The van der Waals surface area contributed by atoms with Crippen molar-refractivity contribution >= 4 is 11.0 Å². The van der Waals surface area contributed by atoms with Crippen LogP contribution in [0.1, 0.15) is 6.42 Å². The first-order valence-corrected chi connectivity index (χ1v) is 4.57. The first kappa shape index (κ1) is 12.8. The highest BCUT2D eigenvalue weighted by Gasteiger charge is 2.25. The molecule has 0 aliphatic rings. The summed E-state index contributed by atoms with van der Waals surface area (Å²) < 4.78 is 24.5. The molecule has 1 atom stereocenters. The van der Waals surface area contributed by atoms with Gasteiger partial charge in [0.2, 0.25) is 0 Å². The van der Waals surface area contributed by atoms with Gasteiger partial charge in [0, 0.05) is 6.54 Å². The van der Waals surface area contributed by atoms with Gasteiger partial charge in [-0.15, -0.1) is 0 Å². The fraction of sp³-hybridized carbons (Fsp3) is 1.00. The van der Waals surface area contributed by atoms with Gasteiger partial charge in [0.05, 0.1) is 12.5 Å². The monoisotopic (exact) mass is 215 g/mol. The van der Waals surface area contributed by atoms with E-state index in [1.54, 1.807) is 0 Å². The zero-order valence-corrected chi connectivity index (χ0v) is 7.90. The van der Waals surface area contributed by atoms with Gasteiger partial charge in [-0.1, -0.05) is 0 Å². The smallest absolute Gasteiger partial charge is 0.277 e. The van der Waals surface area contributed by atoms with Crippen LogP contribution in [0.4, 0.5) is 0 Å². The summed E-state index contributed by atoms with van der Waals surface area (Å²) in [4.78, 5) is 0. The highest BCUT2D eigenvalue weighted by molar-refractivity contribution is 7.67. The molecule has 0 aromatic carbocycles. The lowest BCUT2D eigenvalue weighted by atomic mass is 10.2. The molecule has 80 valence electrons. The lowest BCUT2D eigenvalue weighted by molar-refractivity contribution is -0.320. The molecule has 0 saturated heterocycles. The molecule has 8 heteroatoms. The topological polar surface area (TPSA) is 116 Å². The van der Waals surface area contributed by atoms with Crippen molar-refractivity contribution < 1.29 is 27.9 Å². The number of thiol groups is 1. The molecular weight excluding hydrogens is 202 g/mol. The molecule has 0 amide bonds. The maximum atomic E-state index is 10.1. The van der Waals surface area contributed by atoms with Crippen molar-refractivity contribution in [3.63, 3.8) is 0 Å². The highest BCUT2D eigenvalue weighted by atomic mass is 32.2. The maximum absolute atomic E-state index is 10.1. The van der Waals surface area contributed by atoms with Crippen LogP contribution in [0.3, 0.4) is 0 Å². The summed E-state index contributed by atoms with van der Waals surface area (Å²) in [6.45, 7) is 0.0761. The molecule has 4 N–H and O–H groups in total. The Bertz CT molecular complexity index is 202. The largest absolute Gasteiger partial charge is 0.344 e. The average Bonchev–Trinajstić information content (AvgIpc) is 1.81. The number of hydrogen-bond donors (Lipinski definition) is 5. The number of nitrogens with one attached hydrogen (secondary N) is 1. The fourth-order valence-corrected chi connectivity index (χ4v) is 1.19. The third kappa shape index (κ3) is 8.09. The van der Waals surface area contributed by atoms with Gasteiger partial charge < -0.3 is 20.6 Å². The molecular formula is C5H13NO6S. The Morgan fingerprint density at radius 1 is 1.46 bits per heavy atom. The number of likely N-dealkylation sites (N-methyl/N-ethyl adjacent to an activating group) is 1. The Morgan fingerprint density at radius 3 is 2.31 bits per heavy atom. The number of aliphatic hydroxyl groups is 3. The van der Waals surface area contributed by atoms with Gasteiger partial charge in [-0.25, -0.2) is 8.42 Å². The molecule has 0 spiro atoms. The van der Waals surface area contributed by atoms with Crippen molar-refractivity contribution in [1.29, 1.82) is 0 Å². The Balaban J connectivity index is 4.09. The van der Waals surface area contributed by atoms with Gasteiger partial charge in [-0.3, -0.25) is 4.18 Å². The van der Waals surface area contributed by atoms with E-state index in [0.29, 0.717) is 0 Å². The van der Waals surface area contributed by atoms with E-state index in [1.165, 1.54) is 7.05 Å². The Hall–Kier alpha value is -0.250. The molecule has 0 aliphatic carbocycles. The van der Waals surface area contributed by atoms with Gasteiger partial charge in [-0.2, -0.15) is 0 Å². The van der Waals surface area contributed by atoms with Crippen molar-refractivity contribution in [3.8, 4) is 0 Å². The highest BCUT2D eigenvalue weighted by Crippen LogP contribution is 2.07. The second kappa shape index (κ2) is 5.47. The second-order valence-corrected chi connectivity index (χ2v) is 3.15. The van der Waals surface area contributed by atoms with Crippen LogP contribution in [-0.4, -0.2) is 49.4 Å². The van der Waals surface area contributed by atoms with E-state index in [2.05, 4.69) is 9.50 Å². The second-order valence-electron chi connectivity index (χ2n) is 2.49. The molecule has 0 aromatic heterocycles. The van der Waals surface area contributed by atoms with E-state index in [4.69, 9.17) is 15.3 Å². The first-order valence-electron chi connectivity index (χ1n) is 3.48. The molecule has 13 heavy (non-hydrogen) atoms. The van der Waals surface area contributed by atoms with Crippen molar-refractivity contribution in [2.45, 2.75) is 18.5 Å². The summed E-state index contributed by atoms with van der Waals surface area (Å²) in [7, 11) is -1.55. The Labute approximate surface area is 77.1 Å². The molecule has 0 fully saturated rings. The average molecular weight is 215 g/mol. The normalized spacial score (nSPS) is 14.8. The van der Waals surface area contributed by atoms with E-state index in [0.717, 1.165) is 0 Å². The zero-order chi connectivity index (χ0) is 10.5. The van der Waals surface area contributed by atoms with Crippen LogP contribution >= 0.6 is 0 Å². The third-order valence-corrected chi connectivity index (χ3v) is 1.64. The van der Waals surface area contributed by atoms with Crippen LogP contribution in [0.15, 0.2) is 0 Å². The van der Waals surface area contributed by atoms with Crippen LogP contribution in [0.5, 0.6) is 0 Å². The van der Waals surface area contributed by atoms with E-state index in [1.807, 2.05) is 0 Å². The molecule has 0 heterocycles. The molecule has 0 radical (unpaired) electrons. The SMILES string of the molecule is CNCC(CC(O)(O)O)O[SH](=O)=O. The predicted octanol–water partition coefficient (Wildman–Crippen LogP) is -2.86. The lowest BCUT2D eigenvalue weighted by Gasteiger charge is -2.19. The quantitative estimate of drug-likeness (QED) is 0.239. The van der Waals surface area contributed by atoms with Crippen LogP contribution in [0, 0.1) is 0 Å². The van der Waals surface area contributed by atoms with Crippen molar-refractivity contribution in [3.05, 3.63) is 0 Å². The number of hydrogen-bond acceptors (Lipinski definition) is 7. The van der Waals surface area contributed by atoms with Gasteiger partial charge in [0.25, 0.3) is 17.0 Å². The molecule has 0 bridgehead atoms. The zero-order valence-electron chi connectivity index (χ0n) is 7.01. The first-order chi connectivity index (χ1) is 5.85. The molecule has 0 saturated carbocycles.